The number of urea groups is 1. The summed E-state index contributed by atoms with van der Waals surface area (Å²) in [6.07, 6.45) is 3.69. The third kappa shape index (κ3) is 5.30. The first kappa shape index (κ1) is 15.7. The van der Waals surface area contributed by atoms with Crippen LogP contribution >= 0.6 is 11.8 Å². The van der Waals surface area contributed by atoms with Crippen molar-refractivity contribution in [1.82, 2.24) is 10.6 Å². The lowest BCUT2D eigenvalue weighted by Gasteiger charge is -2.21. The van der Waals surface area contributed by atoms with E-state index in [1.807, 2.05) is 11.8 Å². The van der Waals surface area contributed by atoms with E-state index in [2.05, 4.69) is 10.6 Å². The molecule has 1 aliphatic heterocycles. The standard InChI is InChI=1S/C15H20N2O3S/c18-14(19)12-6-4-11(5-7-12)9-16-15(20)17-10-13-3-1-2-8-21-13/h4-7,13H,1-3,8-10H2,(H,18,19)(H2,16,17,20). The summed E-state index contributed by atoms with van der Waals surface area (Å²) >= 11 is 1.93. The molecular weight excluding hydrogens is 288 g/mol. The van der Waals surface area contributed by atoms with Crippen LogP contribution in [0.25, 0.3) is 0 Å². The topological polar surface area (TPSA) is 78.4 Å². The molecule has 1 fully saturated rings. The lowest BCUT2D eigenvalue weighted by molar-refractivity contribution is 0.0697. The van der Waals surface area contributed by atoms with Crippen molar-refractivity contribution in [2.45, 2.75) is 31.1 Å². The van der Waals surface area contributed by atoms with Gasteiger partial charge in [-0.2, -0.15) is 11.8 Å². The van der Waals surface area contributed by atoms with Crippen molar-refractivity contribution >= 4 is 23.8 Å². The Bertz CT molecular complexity index is 484. The largest absolute Gasteiger partial charge is 0.478 e. The lowest BCUT2D eigenvalue weighted by atomic mass is 10.1. The summed E-state index contributed by atoms with van der Waals surface area (Å²) in [7, 11) is 0. The Morgan fingerprint density at radius 1 is 1.19 bits per heavy atom. The summed E-state index contributed by atoms with van der Waals surface area (Å²) in [5.74, 6) is 0.237. The molecule has 3 N–H and O–H groups in total. The minimum absolute atomic E-state index is 0.177. The summed E-state index contributed by atoms with van der Waals surface area (Å²) in [4.78, 5) is 22.4. The molecule has 1 unspecified atom stereocenters. The molecule has 2 amide bonds. The zero-order chi connectivity index (χ0) is 15.1. The zero-order valence-corrected chi connectivity index (χ0v) is 12.6. The van der Waals surface area contributed by atoms with Gasteiger partial charge in [-0.25, -0.2) is 9.59 Å². The molecule has 2 rings (SSSR count). The molecular formula is C15H20N2O3S. The quantitative estimate of drug-likeness (QED) is 0.781. The molecule has 0 bridgehead atoms. The number of nitrogens with one attached hydrogen (secondary N) is 2. The number of carboxylic acid groups (broad SMARTS) is 1. The van der Waals surface area contributed by atoms with E-state index in [4.69, 9.17) is 5.11 Å². The van der Waals surface area contributed by atoms with Gasteiger partial charge in [0.15, 0.2) is 0 Å². The second-order valence-electron chi connectivity index (χ2n) is 5.05. The molecule has 0 aliphatic carbocycles. The number of carboxylic acids is 1. The first-order chi connectivity index (χ1) is 10.1. The van der Waals surface area contributed by atoms with Crippen LogP contribution in [-0.4, -0.2) is 34.7 Å². The predicted octanol–water partition coefficient (Wildman–Crippen LogP) is 2.47. The van der Waals surface area contributed by atoms with Gasteiger partial charge in [0, 0.05) is 18.3 Å². The molecule has 0 spiro atoms. The van der Waals surface area contributed by atoms with Crippen LogP contribution in [0.4, 0.5) is 4.79 Å². The summed E-state index contributed by atoms with van der Waals surface area (Å²) in [5.41, 5.74) is 1.12. The van der Waals surface area contributed by atoms with Gasteiger partial charge in [0.2, 0.25) is 0 Å². The number of hydrogen-bond donors (Lipinski definition) is 3. The maximum absolute atomic E-state index is 11.7. The minimum Gasteiger partial charge on any atom is -0.478 e. The summed E-state index contributed by atoms with van der Waals surface area (Å²) in [6, 6.07) is 6.32. The van der Waals surface area contributed by atoms with Crippen LogP contribution in [0.2, 0.25) is 0 Å². The van der Waals surface area contributed by atoms with E-state index in [-0.39, 0.29) is 11.6 Å². The van der Waals surface area contributed by atoms with Crippen molar-refractivity contribution in [2.75, 3.05) is 12.3 Å². The first-order valence-electron chi connectivity index (χ1n) is 7.10. The molecule has 1 saturated heterocycles. The third-order valence-corrected chi connectivity index (χ3v) is 4.82. The highest BCUT2D eigenvalue weighted by atomic mass is 32.2. The fourth-order valence-corrected chi connectivity index (χ4v) is 3.42. The van der Waals surface area contributed by atoms with Crippen molar-refractivity contribution in [3.05, 3.63) is 35.4 Å². The highest BCUT2D eigenvalue weighted by Gasteiger charge is 2.14. The Morgan fingerprint density at radius 2 is 1.95 bits per heavy atom. The number of carbonyl (C=O) groups is 2. The van der Waals surface area contributed by atoms with Gasteiger partial charge in [0.1, 0.15) is 0 Å². The normalized spacial score (nSPS) is 18.0. The molecule has 0 saturated carbocycles. The second-order valence-corrected chi connectivity index (χ2v) is 6.46. The van der Waals surface area contributed by atoms with Gasteiger partial charge < -0.3 is 15.7 Å². The zero-order valence-electron chi connectivity index (χ0n) is 11.8. The number of thioether (sulfide) groups is 1. The van der Waals surface area contributed by atoms with Crippen molar-refractivity contribution in [2.24, 2.45) is 0 Å². The van der Waals surface area contributed by atoms with Gasteiger partial charge >= 0.3 is 12.0 Å². The maximum atomic E-state index is 11.7. The van der Waals surface area contributed by atoms with Crippen molar-refractivity contribution in [3.8, 4) is 0 Å². The Kier molecular flexibility index (Phi) is 5.92. The van der Waals surface area contributed by atoms with E-state index < -0.39 is 5.97 Å². The van der Waals surface area contributed by atoms with Crippen LogP contribution in [0.15, 0.2) is 24.3 Å². The highest BCUT2D eigenvalue weighted by molar-refractivity contribution is 7.99. The van der Waals surface area contributed by atoms with Gasteiger partial charge in [0.25, 0.3) is 0 Å². The average molecular weight is 308 g/mol. The van der Waals surface area contributed by atoms with Crippen LogP contribution in [0, 0.1) is 0 Å². The predicted molar refractivity (Wildman–Crippen MR) is 83.7 cm³/mol. The van der Waals surface area contributed by atoms with Crippen LogP contribution in [0.3, 0.4) is 0 Å². The third-order valence-electron chi connectivity index (χ3n) is 3.42. The van der Waals surface area contributed by atoms with Gasteiger partial charge in [-0.3, -0.25) is 0 Å². The number of amides is 2. The lowest BCUT2D eigenvalue weighted by Crippen LogP contribution is -2.39. The first-order valence-corrected chi connectivity index (χ1v) is 8.15. The molecule has 6 heteroatoms. The fraction of sp³-hybridized carbons (Fsp3) is 0.467. The van der Waals surface area contributed by atoms with Crippen molar-refractivity contribution in [3.63, 3.8) is 0 Å². The van der Waals surface area contributed by atoms with Crippen LogP contribution in [0.5, 0.6) is 0 Å². The number of carbonyl (C=O) groups excluding carboxylic acids is 1. The van der Waals surface area contributed by atoms with Crippen LogP contribution < -0.4 is 10.6 Å². The molecule has 0 radical (unpaired) electrons. The van der Waals surface area contributed by atoms with Crippen molar-refractivity contribution < 1.29 is 14.7 Å². The Balaban J connectivity index is 1.69. The molecule has 1 heterocycles. The highest BCUT2D eigenvalue weighted by Crippen LogP contribution is 2.24. The van der Waals surface area contributed by atoms with Crippen molar-refractivity contribution in [1.29, 1.82) is 0 Å². The van der Waals surface area contributed by atoms with E-state index in [0.717, 1.165) is 5.56 Å². The van der Waals surface area contributed by atoms with E-state index in [9.17, 15) is 9.59 Å². The Morgan fingerprint density at radius 3 is 2.57 bits per heavy atom. The number of rotatable bonds is 5. The van der Waals surface area contributed by atoms with Crippen LogP contribution in [0.1, 0.15) is 35.2 Å². The molecule has 1 aromatic carbocycles. The minimum atomic E-state index is -0.947. The molecule has 1 aliphatic rings. The molecule has 1 atom stereocenters. The second kappa shape index (κ2) is 7.93. The summed E-state index contributed by atoms with van der Waals surface area (Å²) < 4.78 is 0. The molecule has 114 valence electrons. The van der Waals surface area contributed by atoms with Gasteiger partial charge in [-0.1, -0.05) is 18.6 Å². The van der Waals surface area contributed by atoms with Crippen LogP contribution in [-0.2, 0) is 6.54 Å². The average Bonchev–Trinajstić information content (AvgIpc) is 2.52. The monoisotopic (exact) mass is 308 g/mol. The number of benzene rings is 1. The molecule has 1 aromatic rings. The molecule has 21 heavy (non-hydrogen) atoms. The van der Waals surface area contributed by atoms with E-state index in [0.29, 0.717) is 18.3 Å². The summed E-state index contributed by atoms with van der Waals surface area (Å²) in [5, 5.41) is 15.0. The number of aromatic carboxylic acids is 1. The molecule has 0 aromatic heterocycles. The van der Waals surface area contributed by atoms with Gasteiger partial charge in [0.05, 0.1) is 5.56 Å². The van der Waals surface area contributed by atoms with Gasteiger partial charge in [-0.05, 0) is 36.3 Å². The van der Waals surface area contributed by atoms with E-state index >= 15 is 0 Å². The Labute approximate surface area is 128 Å². The fourth-order valence-electron chi connectivity index (χ4n) is 2.18. The maximum Gasteiger partial charge on any atom is 0.335 e. The van der Waals surface area contributed by atoms with Gasteiger partial charge in [-0.15, -0.1) is 0 Å². The SMILES string of the molecule is O=C(NCc1ccc(C(=O)O)cc1)NCC1CCCCS1. The van der Waals surface area contributed by atoms with E-state index in [1.54, 1.807) is 12.1 Å². The smallest absolute Gasteiger partial charge is 0.335 e. The number of hydrogen-bond acceptors (Lipinski definition) is 3. The van der Waals surface area contributed by atoms with E-state index in [1.165, 1.54) is 37.1 Å². The Hall–Kier alpha value is -1.69. The summed E-state index contributed by atoms with van der Waals surface area (Å²) in [6.45, 7) is 1.10. The molecule has 5 nitrogen and oxygen atoms in total.